The van der Waals surface area contributed by atoms with Crippen molar-refractivity contribution in [2.75, 3.05) is 4.90 Å². The highest BCUT2D eigenvalue weighted by Gasteiger charge is 2.72. The molecule has 1 aromatic carbocycles. The van der Waals surface area contributed by atoms with Gasteiger partial charge in [-0.15, -0.1) is 0 Å². The lowest BCUT2D eigenvalue weighted by Crippen LogP contribution is -2.66. The summed E-state index contributed by atoms with van der Waals surface area (Å²) in [4.78, 5) is 43.7. The lowest BCUT2D eigenvalue weighted by Gasteiger charge is -2.35. The maximum atomic E-state index is 14.8. The minimum absolute atomic E-state index is 0.226. The third-order valence-corrected chi connectivity index (χ3v) is 6.10. The Morgan fingerprint density at radius 2 is 1.72 bits per heavy atom. The molecule has 2 amide bonds. The van der Waals surface area contributed by atoms with Crippen molar-refractivity contribution >= 4 is 23.3 Å². The van der Waals surface area contributed by atoms with Gasteiger partial charge in [-0.25, -0.2) is 0 Å². The number of ketones is 1. The molecule has 2 aromatic rings. The van der Waals surface area contributed by atoms with Crippen LogP contribution >= 0.6 is 0 Å². The Balaban J connectivity index is 1.96. The summed E-state index contributed by atoms with van der Waals surface area (Å²) in [5, 5.41) is 1.70. The van der Waals surface area contributed by atoms with Gasteiger partial charge in [0.1, 0.15) is 0 Å². The van der Waals surface area contributed by atoms with Crippen LogP contribution in [0.15, 0.2) is 60.1 Å². The molecule has 1 N–H and O–H groups in total. The number of alkyl halides is 6. The summed E-state index contributed by atoms with van der Waals surface area (Å²) in [6.07, 6.45) is -8.68. The summed E-state index contributed by atoms with van der Waals surface area (Å²) >= 11 is 0. The van der Waals surface area contributed by atoms with Crippen molar-refractivity contribution in [1.82, 2.24) is 10.3 Å². The smallest absolute Gasteiger partial charge is 0.326 e. The predicted molar refractivity (Wildman–Crippen MR) is 114 cm³/mol. The Kier molecular flexibility index (Phi) is 5.76. The molecule has 1 atom stereocenters. The van der Waals surface area contributed by atoms with Crippen molar-refractivity contribution in [1.29, 1.82) is 0 Å². The van der Waals surface area contributed by atoms with Crippen LogP contribution in [0, 0.1) is 5.41 Å². The average Bonchev–Trinajstić information content (AvgIpc) is 3.01. The van der Waals surface area contributed by atoms with Gasteiger partial charge in [0, 0.05) is 30.2 Å². The Morgan fingerprint density at radius 3 is 2.31 bits per heavy atom. The molecule has 0 saturated heterocycles. The van der Waals surface area contributed by atoms with E-state index in [0.717, 1.165) is 24.4 Å². The number of rotatable bonds is 3. The summed E-state index contributed by atoms with van der Waals surface area (Å²) in [5.41, 5.74) is -8.09. The second-order valence-electron chi connectivity index (χ2n) is 9.39. The van der Waals surface area contributed by atoms with Crippen molar-refractivity contribution in [3.63, 3.8) is 0 Å². The van der Waals surface area contributed by atoms with Gasteiger partial charge in [-0.2, -0.15) is 26.3 Å². The lowest BCUT2D eigenvalue weighted by molar-refractivity contribution is -0.186. The van der Waals surface area contributed by atoms with Gasteiger partial charge in [-0.05, 0) is 42.2 Å². The predicted octanol–water partition coefficient (Wildman–Crippen LogP) is 4.82. The first-order valence-electron chi connectivity index (χ1n) is 10.7. The minimum atomic E-state index is -5.50. The Labute approximate surface area is 201 Å². The number of benzene rings is 1. The molecule has 1 aliphatic carbocycles. The van der Waals surface area contributed by atoms with Crippen molar-refractivity contribution in [3.8, 4) is 0 Å². The molecule has 1 unspecified atom stereocenters. The van der Waals surface area contributed by atoms with E-state index in [9.17, 15) is 40.7 Å². The fourth-order valence-electron chi connectivity index (χ4n) is 4.59. The van der Waals surface area contributed by atoms with E-state index < -0.39 is 63.4 Å². The highest BCUT2D eigenvalue weighted by Crippen LogP contribution is 2.53. The number of amides is 2. The number of hydrogen-bond acceptors (Lipinski definition) is 4. The molecule has 0 spiro atoms. The molecule has 6 nitrogen and oxygen atoms in total. The maximum absolute atomic E-state index is 14.8. The van der Waals surface area contributed by atoms with Gasteiger partial charge in [0.2, 0.25) is 5.54 Å². The zero-order valence-corrected chi connectivity index (χ0v) is 18.9. The molecule has 0 fully saturated rings. The van der Waals surface area contributed by atoms with Crippen LogP contribution < -0.4 is 10.2 Å². The van der Waals surface area contributed by atoms with Gasteiger partial charge >= 0.3 is 12.4 Å². The Bertz CT molecular complexity index is 1280. The first kappa shape index (κ1) is 25.4. The molecule has 0 saturated carbocycles. The number of anilines is 1. The average molecular weight is 511 g/mol. The number of carbonyl (C=O) groups is 3. The second-order valence-corrected chi connectivity index (χ2v) is 9.39. The number of nitrogens with one attached hydrogen (secondary N) is 1. The number of carbonyl (C=O) groups excluding carboxylic acids is 3. The molecule has 2 aliphatic rings. The van der Waals surface area contributed by atoms with Crippen LogP contribution in [0.4, 0.5) is 32.0 Å². The Hall–Kier alpha value is -3.70. The van der Waals surface area contributed by atoms with Crippen LogP contribution in [-0.2, 0) is 15.8 Å². The summed E-state index contributed by atoms with van der Waals surface area (Å²) in [7, 11) is 0. The van der Waals surface area contributed by atoms with E-state index >= 15 is 0 Å². The van der Waals surface area contributed by atoms with Crippen LogP contribution in [0.1, 0.15) is 42.6 Å². The lowest BCUT2D eigenvalue weighted by atomic mass is 9.72. The number of hydrogen-bond donors (Lipinski definition) is 1. The molecule has 1 aromatic heterocycles. The first-order chi connectivity index (χ1) is 16.6. The van der Waals surface area contributed by atoms with Crippen LogP contribution in [0.5, 0.6) is 0 Å². The highest BCUT2D eigenvalue weighted by atomic mass is 19.4. The van der Waals surface area contributed by atoms with Gasteiger partial charge in [-0.1, -0.05) is 19.9 Å². The summed E-state index contributed by atoms with van der Waals surface area (Å²) < 4.78 is 84.5. The minimum Gasteiger partial charge on any atom is -0.326 e. The zero-order chi connectivity index (χ0) is 26.7. The monoisotopic (exact) mass is 511 g/mol. The van der Waals surface area contributed by atoms with Gasteiger partial charge in [-0.3, -0.25) is 24.3 Å². The first-order valence-corrected chi connectivity index (χ1v) is 10.7. The number of nitrogens with zero attached hydrogens (tertiary/aromatic N) is 2. The third kappa shape index (κ3) is 4.03. The topological polar surface area (TPSA) is 79.4 Å². The number of Topliss-reactive ketones (excluding diaryl/α,β-unsaturated/α-hetero) is 1. The summed E-state index contributed by atoms with van der Waals surface area (Å²) in [6.45, 7) is 3.18. The second kappa shape index (κ2) is 8.17. The molecular weight excluding hydrogens is 492 g/mol. The highest BCUT2D eigenvalue weighted by molar-refractivity contribution is 6.21. The maximum Gasteiger partial charge on any atom is 0.425 e. The molecule has 190 valence electrons. The van der Waals surface area contributed by atoms with E-state index in [-0.39, 0.29) is 18.4 Å². The standard InChI is InChI=1S/C24H19F6N3O3/c1-21(2)10-16-18(17(34)11-21)22(24(28,29)30,32-19(35)13-5-4-8-31-12-13)20(36)33(16)15-7-3-6-14(9-15)23(25,26)27/h3-9,12H,10-11H2,1-2H3,(H,32,35). The number of allylic oxidation sites excluding steroid dienone is 1. The Morgan fingerprint density at radius 1 is 1.03 bits per heavy atom. The number of aromatic nitrogens is 1. The molecule has 4 rings (SSSR count). The molecular formula is C24H19F6N3O3. The zero-order valence-electron chi connectivity index (χ0n) is 18.9. The molecule has 12 heteroatoms. The van der Waals surface area contributed by atoms with Gasteiger partial charge in [0.25, 0.3) is 11.8 Å². The number of pyridine rings is 1. The number of halogens is 6. The van der Waals surface area contributed by atoms with Crippen LogP contribution in [0.2, 0.25) is 0 Å². The SMILES string of the molecule is CC1(C)CC(=O)C2=C(C1)N(c1cccc(C(F)(F)F)c1)C(=O)C2(NC(=O)c1cccnc1)C(F)(F)F. The van der Waals surface area contributed by atoms with Crippen LogP contribution in [-0.4, -0.2) is 34.3 Å². The van der Waals surface area contributed by atoms with Crippen molar-refractivity contribution in [2.24, 2.45) is 5.41 Å². The van der Waals surface area contributed by atoms with Gasteiger partial charge in [0.15, 0.2) is 5.78 Å². The van der Waals surface area contributed by atoms with E-state index in [1.165, 1.54) is 12.3 Å². The summed E-state index contributed by atoms with van der Waals surface area (Å²) in [5.74, 6) is -4.15. The van der Waals surface area contributed by atoms with E-state index in [1.807, 2.05) is 0 Å². The quantitative estimate of drug-likeness (QED) is 0.600. The fraction of sp³-hybridized carbons (Fsp3) is 0.333. The molecule has 36 heavy (non-hydrogen) atoms. The molecule has 0 bridgehead atoms. The normalized spacial score (nSPS) is 22.1. The van der Waals surface area contributed by atoms with Crippen molar-refractivity contribution in [2.45, 2.75) is 44.6 Å². The molecule has 2 heterocycles. The fourth-order valence-corrected chi connectivity index (χ4v) is 4.59. The van der Waals surface area contributed by atoms with E-state index in [2.05, 4.69) is 4.98 Å². The van der Waals surface area contributed by atoms with Crippen LogP contribution in [0.25, 0.3) is 0 Å². The third-order valence-electron chi connectivity index (χ3n) is 6.10. The molecule has 1 aliphatic heterocycles. The van der Waals surface area contributed by atoms with E-state index in [1.54, 1.807) is 19.2 Å². The van der Waals surface area contributed by atoms with Gasteiger partial charge < -0.3 is 5.32 Å². The molecule has 0 radical (unpaired) electrons. The van der Waals surface area contributed by atoms with Crippen molar-refractivity contribution in [3.05, 3.63) is 71.2 Å². The largest absolute Gasteiger partial charge is 0.425 e. The van der Waals surface area contributed by atoms with E-state index in [0.29, 0.717) is 17.0 Å². The van der Waals surface area contributed by atoms with Crippen molar-refractivity contribution < 1.29 is 40.7 Å². The summed E-state index contributed by atoms with van der Waals surface area (Å²) in [6, 6.07) is 5.68. The van der Waals surface area contributed by atoms with Crippen LogP contribution in [0.3, 0.4) is 0 Å². The van der Waals surface area contributed by atoms with Gasteiger partial charge in [0.05, 0.1) is 16.7 Å². The van der Waals surface area contributed by atoms with E-state index in [4.69, 9.17) is 0 Å².